The van der Waals surface area contributed by atoms with Gasteiger partial charge in [-0.05, 0) is 50.8 Å². The van der Waals surface area contributed by atoms with Crippen LogP contribution in [0.15, 0.2) is 82.4 Å². The molecule has 0 fully saturated rings. The van der Waals surface area contributed by atoms with Crippen molar-refractivity contribution in [3.05, 3.63) is 82.8 Å². The number of halogens is 1. The number of hydrazone groups is 1. The Hall–Kier alpha value is -2.92. The zero-order valence-corrected chi connectivity index (χ0v) is 17.1. The number of nitrogens with one attached hydrogen (secondary N) is 1. The molecular formula is C23H21BrN2O2. The van der Waals surface area contributed by atoms with Crippen LogP contribution in [0.1, 0.15) is 18.9 Å². The van der Waals surface area contributed by atoms with E-state index in [0.717, 1.165) is 20.8 Å². The Labute approximate surface area is 173 Å². The lowest BCUT2D eigenvalue weighted by atomic mass is 10.1. The van der Waals surface area contributed by atoms with E-state index in [0.29, 0.717) is 12.2 Å². The predicted molar refractivity (Wildman–Crippen MR) is 118 cm³/mol. The van der Waals surface area contributed by atoms with Crippen molar-refractivity contribution in [2.45, 2.75) is 19.4 Å². The number of benzene rings is 3. The molecule has 1 N–H and O–H groups in total. The first-order valence-corrected chi connectivity index (χ1v) is 9.87. The standard InChI is InChI=1S/C23H21BrN2O2/c1-2-20(23(27)26-25-16-8-11-17-9-4-3-5-10-17)28-21-15-14-18-12-6-7-13-19(18)22(21)24/h3-16,20H,2H2,1H3,(H,26,27)/b11-8+,25-16?/t20-/m1/s1. The van der Waals surface area contributed by atoms with Gasteiger partial charge < -0.3 is 4.74 Å². The van der Waals surface area contributed by atoms with Gasteiger partial charge in [0.1, 0.15) is 5.75 Å². The second-order valence-electron chi connectivity index (χ2n) is 6.14. The summed E-state index contributed by atoms with van der Waals surface area (Å²) in [7, 11) is 0. The molecule has 0 radical (unpaired) electrons. The van der Waals surface area contributed by atoms with Gasteiger partial charge in [-0.15, -0.1) is 0 Å². The van der Waals surface area contributed by atoms with Gasteiger partial charge in [0.2, 0.25) is 0 Å². The monoisotopic (exact) mass is 436 g/mol. The molecule has 5 heteroatoms. The Kier molecular flexibility index (Phi) is 6.98. The second kappa shape index (κ2) is 9.85. The second-order valence-corrected chi connectivity index (χ2v) is 6.93. The molecule has 0 heterocycles. The normalized spacial score (nSPS) is 12.5. The molecule has 0 unspecified atom stereocenters. The topological polar surface area (TPSA) is 50.7 Å². The Morgan fingerprint density at radius 3 is 2.64 bits per heavy atom. The van der Waals surface area contributed by atoms with Gasteiger partial charge in [0.05, 0.1) is 4.47 Å². The van der Waals surface area contributed by atoms with Crippen molar-refractivity contribution in [2.24, 2.45) is 5.10 Å². The zero-order valence-electron chi connectivity index (χ0n) is 15.5. The molecular weight excluding hydrogens is 416 g/mol. The lowest BCUT2D eigenvalue weighted by Gasteiger charge is -2.17. The summed E-state index contributed by atoms with van der Waals surface area (Å²) in [6.45, 7) is 1.90. The van der Waals surface area contributed by atoms with E-state index in [1.54, 1.807) is 12.3 Å². The maximum atomic E-state index is 12.4. The van der Waals surface area contributed by atoms with Crippen molar-refractivity contribution in [2.75, 3.05) is 0 Å². The van der Waals surface area contributed by atoms with Crippen LogP contribution in [-0.4, -0.2) is 18.2 Å². The number of hydrogen-bond donors (Lipinski definition) is 1. The molecule has 0 aromatic heterocycles. The Bertz CT molecular complexity index is 1000. The highest BCUT2D eigenvalue weighted by Gasteiger charge is 2.19. The molecule has 3 aromatic carbocycles. The van der Waals surface area contributed by atoms with Crippen LogP contribution in [0.4, 0.5) is 0 Å². The quantitative estimate of drug-likeness (QED) is 0.388. The van der Waals surface area contributed by atoms with E-state index in [9.17, 15) is 4.79 Å². The average Bonchev–Trinajstić information content (AvgIpc) is 2.74. The van der Waals surface area contributed by atoms with E-state index >= 15 is 0 Å². The summed E-state index contributed by atoms with van der Waals surface area (Å²) in [5.41, 5.74) is 3.60. The summed E-state index contributed by atoms with van der Waals surface area (Å²) in [5.74, 6) is 0.348. The third kappa shape index (κ3) is 5.08. The van der Waals surface area contributed by atoms with Crippen molar-refractivity contribution >= 4 is 44.9 Å². The highest BCUT2D eigenvalue weighted by atomic mass is 79.9. The van der Waals surface area contributed by atoms with E-state index in [4.69, 9.17) is 4.74 Å². The first-order chi connectivity index (χ1) is 13.7. The Morgan fingerprint density at radius 2 is 1.86 bits per heavy atom. The van der Waals surface area contributed by atoms with E-state index in [-0.39, 0.29) is 5.91 Å². The minimum absolute atomic E-state index is 0.285. The number of hydrogen-bond acceptors (Lipinski definition) is 3. The molecule has 0 spiro atoms. The minimum atomic E-state index is -0.632. The van der Waals surface area contributed by atoms with Crippen LogP contribution in [0, 0.1) is 0 Å². The van der Waals surface area contributed by atoms with Gasteiger partial charge in [-0.25, -0.2) is 5.43 Å². The summed E-state index contributed by atoms with van der Waals surface area (Å²) in [5, 5.41) is 6.11. The number of allylic oxidation sites excluding steroid dienone is 1. The van der Waals surface area contributed by atoms with E-state index < -0.39 is 6.10 Å². The fourth-order valence-corrected chi connectivity index (χ4v) is 3.30. The van der Waals surface area contributed by atoms with Crippen molar-refractivity contribution < 1.29 is 9.53 Å². The molecule has 3 aromatic rings. The molecule has 1 atom stereocenters. The predicted octanol–water partition coefficient (Wildman–Crippen LogP) is 5.58. The molecule has 142 valence electrons. The number of carbonyl (C=O) groups excluding carboxylic acids is 1. The zero-order chi connectivity index (χ0) is 19.8. The fraction of sp³-hybridized carbons (Fsp3) is 0.130. The lowest BCUT2D eigenvalue weighted by Crippen LogP contribution is -2.35. The van der Waals surface area contributed by atoms with Gasteiger partial charge in [0.15, 0.2) is 6.10 Å². The summed E-state index contributed by atoms with van der Waals surface area (Å²) in [4.78, 5) is 12.4. The number of rotatable bonds is 7. The maximum Gasteiger partial charge on any atom is 0.281 e. The van der Waals surface area contributed by atoms with Crippen LogP contribution >= 0.6 is 15.9 Å². The van der Waals surface area contributed by atoms with Crippen LogP contribution in [-0.2, 0) is 4.79 Å². The molecule has 0 saturated carbocycles. The number of amides is 1. The summed E-state index contributed by atoms with van der Waals surface area (Å²) in [6.07, 6.45) is 5.13. The summed E-state index contributed by atoms with van der Waals surface area (Å²) >= 11 is 3.59. The van der Waals surface area contributed by atoms with E-state index in [1.807, 2.05) is 79.7 Å². The smallest absolute Gasteiger partial charge is 0.281 e. The van der Waals surface area contributed by atoms with Crippen LogP contribution in [0.25, 0.3) is 16.8 Å². The average molecular weight is 437 g/mol. The minimum Gasteiger partial charge on any atom is -0.479 e. The SMILES string of the molecule is CC[C@@H](Oc1ccc2ccccc2c1Br)C(=O)NN=C/C=C/c1ccccc1. The van der Waals surface area contributed by atoms with Crippen LogP contribution in [0.5, 0.6) is 5.75 Å². The van der Waals surface area contributed by atoms with Crippen molar-refractivity contribution in [3.63, 3.8) is 0 Å². The first-order valence-electron chi connectivity index (χ1n) is 9.07. The molecule has 0 aliphatic carbocycles. The van der Waals surface area contributed by atoms with Gasteiger partial charge in [-0.3, -0.25) is 4.79 Å². The molecule has 28 heavy (non-hydrogen) atoms. The summed E-state index contributed by atoms with van der Waals surface area (Å²) in [6, 6.07) is 21.7. The number of carbonyl (C=O) groups is 1. The third-order valence-corrected chi connectivity index (χ3v) is 5.00. The molecule has 0 aliphatic heterocycles. The number of ether oxygens (including phenoxy) is 1. The molecule has 0 aliphatic rings. The van der Waals surface area contributed by atoms with E-state index in [2.05, 4.69) is 26.5 Å². The van der Waals surface area contributed by atoms with Gasteiger partial charge >= 0.3 is 0 Å². The van der Waals surface area contributed by atoms with Gasteiger partial charge in [0, 0.05) is 6.21 Å². The lowest BCUT2D eigenvalue weighted by molar-refractivity contribution is -0.128. The Balaban J connectivity index is 1.61. The summed E-state index contributed by atoms with van der Waals surface area (Å²) < 4.78 is 6.78. The van der Waals surface area contributed by atoms with Gasteiger partial charge in [0.25, 0.3) is 5.91 Å². The highest BCUT2D eigenvalue weighted by Crippen LogP contribution is 2.33. The van der Waals surface area contributed by atoms with Crippen molar-refractivity contribution in [1.29, 1.82) is 0 Å². The first kappa shape index (κ1) is 19.8. The fourth-order valence-electron chi connectivity index (χ4n) is 2.71. The van der Waals surface area contributed by atoms with Gasteiger partial charge in [-0.2, -0.15) is 5.10 Å². The van der Waals surface area contributed by atoms with Crippen LogP contribution in [0.3, 0.4) is 0 Å². The molecule has 3 rings (SSSR count). The van der Waals surface area contributed by atoms with Crippen molar-refractivity contribution in [3.8, 4) is 5.75 Å². The van der Waals surface area contributed by atoms with Crippen molar-refractivity contribution in [1.82, 2.24) is 5.43 Å². The maximum absolute atomic E-state index is 12.4. The van der Waals surface area contributed by atoms with E-state index in [1.165, 1.54) is 0 Å². The largest absolute Gasteiger partial charge is 0.479 e. The van der Waals surface area contributed by atoms with Crippen LogP contribution in [0.2, 0.25) is 0 Å². The molecule has 0 saturated heterocycles. The molecule has 4 nitrogen and oxygen atoms in total. The van der Waals surface area contributed by atoms with Crippen LogP contribution < -0.4 is 10.2 Å². The highest BCUT2D eigenvalue weighted by molar-refractivity contribution is 9.10. The molecule has 0 bridgehead atoms. The molecule has 1 amide bonds. The number of nitrogens with zero attached hydrogens (tertiary/aromatic N) is 1. The van der Waals surface area contributed by atoms with Gasteiger partial charge in [-0.1, -0.05) is 73.7 Å². The third-order valence-electron chi connectivity index (χ3n) is 4.18. The number of fused-ring (bicyclic) bond motifs is 1. The Morgan fingerprint density at radius 1 is 1.11 bits per heavy atom.